The summed E-state index contributed by atoms with van der Waals surface area (Å²) in [6, 6.07) is 3.82. The Kier molecular flexibility index (Phi) is 6.66. The van der Waals surface area contributed by atoms with Gasteiger partial charge in [-0.3, -0.25) is 0 Å². The summed E-state index contributed by atoms with van der Waals surface area (Å²) in [5.41, 5.74) is 1.09. The summed E-state index contributed by atoms with van der Waals surface area (Å²) in [6.45, 7) is 0.906. The SMILES string of the molecule is COc1c(Br)cc(Cl)cc1C(Br)CCC1CCCCO1. The lowest BCUT2D eigenvalue weighted by atomic mass is 10.0. The first-order valence-electron chi connectivity index (χ1n) is 6.90. The van der Waals surface area contributed by atoms with Gasteiger partial charge < -0.3 is 9.47 Å². The van der Waals surface area contributed by atoms with E-state index in [0.717, 1.165) is 35.2 Å². The second-order valence-corrected chi connectivity index (χ2v) is 7.44. The molecule has 0 amide bonds. The molecule has 1 aromatic carbocycles. The van der Waals surface area contributed by atoms with Gasteiger partial charge in [0.15, 0.2) is 0 Å². The van der Waals surface area contributed by atoms with E-state index in [9.17, 15) is 0 Å². The van der Waals surface area contributed by atoms with Crippen molar-refractivity contribution in [2.75, 3.05) is 13.7 Å². The fraction of sp³-hybridized carbons (Fsp3) is 0.600. The van der Waals surface area contributed by atoms with E-state index in [4.69, 9.17) is 21.1 Å². The van der Waals surface area contributed by atoms with Gasteiger partial charge in [0.25, 0.3) is 0 Å². The summed E-state index contributed by atoms with van der Waals surface area (Å²) >= 11 is 13.4. The molecule has 5 heteroatoms. The highest BCUT2D eigenvalue weighted by molar-refractivity contribution is 9.10. The van der Waals surface area contributed by atoms with Crippen molar-refractivity contribution in [2.24, 2.45) is 0 Å². The number of halogens is 3. The van der Waals surface area contributed by atoms with Gasteiger partial charge >= 0.3 is 0 Å². The van der Waals surface area contributed by atoms with Crippen molar-refractivity contribution in [1.82, 2.24) is 0 Å². The van der Waals surface area contributed by atoms with Crippen molar-refractivity contribution < 1.29 is 9.47 Å². The molecule has 0 bridgehead atoms. The molecule has 2 rings (SSSR count). The lowest BCUT2D eigenvalue weighted by Crippen LogP contribution is -2.19. The summed E-state index contributed by atoms with van der Waals surface area (Å²) in [7, 11) is 1.68. The highest BCUT2D eigenvalue weighted by Crippen LogP contribution is 2.41. The molecule has 1 aliphatic rings. The van der Waals surface area contributed by atoms with Gasteiger partial charge in [-0.05, 0) is 60.2 Å². The second kappa shape index (κ2) is 8.02. The molecule has 0 radical (unpaired) electrons. The first kappa shape index (κ1) is 16.6. The zero-order chi connectivity index (χ0) is 14.5. The van der Waals surface area contributed by atoms with Gasteiger partial charge in [0.1, 0.15) is 5.75 Å². The van der Waals surface area contributed by atoms with Crippen LogP contribution < -0.4 is 4.74 Å². The lowest BCUT2D eigenvalue weighted by molar-refractivity contribution is 0.0101. The van der Waals surface area contributed by atoms with Crippen molar-refractivity contribution in [3.05, 3.63) is 27.2 Å². The molecule has 20 heavy (non-hydrogen) atoms. The first-order valence-corrected chi connectivity index (χ1v) is 8.99. The molecule has 2 atom stereocenters. The lowest BCUT2D eigenvalue weighted by Gasteiger charge is -2.24. The number of benzene rings is 1. The van der Waals surface area contributed by atoms with Gasteiger partial charge in [0.05, 0.1) is 17.7 Å². The molecule has 2 unspecified atom stereocenters. The Morgan fingerprint density at radius 1 is 1.45 bits per heavy atom. The molecule has 1 saturated heterocycles. The van der Waals surface area contributed by atoms with E-state index in [1.807, 2.05) is 12.1 Å². The topological polar surface area (TPSA) is 18.5 Å². The van der Waals surface area contributed by atoms with E-state index in [-0.39, 0.29) is 4.83 Å². The molecule has 1 aliphatic heterocycles. The zero-order valence-corrected chi connectivity index (χ0v) is 15.4. The van der Waals surface area contributed by atoms with Crippen LogP contribution >= 0.6 is 43.5 Å². The maximum absolute atomic E-state index is 6.14. The van der Waals surface area contributed by atoms with Gasteiger partial charge in [-0.25, -0.2) is 0 Å². The van der Waals surface area contributed by atoms with Crippen LogP contribution in [-0.4, -0.2) is 19.8 Å². The van der Waals surface area contributed by atoms with Crippen LogP contribution in [0.5, 0.6) is 5.75 Å². The van der Waals surface area contributed by atoms with Crippen LogP contribution in [0.2, 0.25) is 5.02 Å². The summed E-state index contributed by atoms with van der Waals surface area (Å²) in [5, 5.41) is 0.714. The summed E-state index contributed by atoms with van der Waals surface area (Å²) in [5.74, 6) is 0.848. The van der Waals surface area contributed by atoms with Crippen molar-refractivity contribution in [2.45, 2.75) is 43.0 Å². The molecule has 0 spiro atoms. The Labute approximate surface area is 142 Å². The quantitative estimate of drug-likeness (QED) is 0.546. The van der Waals surface area contributed by atoms with E-state index in [1.165, 1.54) is 19.3 Å². The number of rotatable bonds is 5. The maximum Gasteiger partial charge on any atom is 0.137 e. The van der Waals surface area contributed by atoms with E-state index < -0.39 is 0 Å². The van der Waals surface area contributed by atoms with E-state index in [0.29, 0.717) is 11.1 Å². The highest BCUT2D eigenvalue weighted by Gasteiger charge is 2.20. The summed E-state index contributed by atoms with van der Waals surface area (Å²) < 4.78 is 12.1. The molecular weight excluding hydrogens is 407 g/mol. The fourth-order valence-electron chi connectivity index (χ4n) is 2.55. The Balaban J connectivity index is 2.02. The minimum atomic E-state index is 0.220. The van der Waals surface area contributed by atoms with E-state index in [2.05, 4.69) is 31.9 Å². The van der Waals surface area contributed by atoms with Crippen molar-refractivity contribution >= 4 is 43.5 Å². The molecule has 0 N–H and O–H groups in total. The highest BCUT2D eigenvalue weighted by atomic mass is 79.9. The Hall–Kier alpha value is 0.230. The number of ether oxygens (including phenoxy) is 2. The van der Waals surface area contributed by atoms with Crippen LogP contribution in [0.1, 0.15) is 42.5 Å². The van der Waals surface area contributed by atoms with Crippen molar-refractivity contribution in [3.63, 3.8) is 0 Å². The summed E-state index contributed by atoms with van der Waals surface area (Å²) in [4.78, 5) is 0.220. The summed E-state index contributed by atoms with van der Waals surface area (Å²) in [6.07, 6.45) is 6.12. The molecule has 0 aromatic heterocycles. The molecule has 2 nitrogen and oxygen atoms in total. The zero-order valence-electron chi connectivity index (χ0n) is 11.5. The van der Waals surface area contributed by atoms with Gasteiger partial charge in [-0.2, -0.15) is 0 Å². The minimum Gasteiger partial charge on any atom is -0.495 e. The Morgan fingerprint density at radius 2 is 2.25 bits per heavy atom. The van der Waals surface area contributed by atoms with E-state index in [1.54, 1.807) is 7.11 Å². The Morgan fingerprint density at radius 3 is 2.90 bits per heavy atom. The van der Waals surface area contributed by atoms with Crippen LogP contribution in [0.4, 0.5) is 0 Å². The van der Waals surface area contributed by atoms with Crippen LogP contribution in [0.15, 0.2) is 16.6 Å². The van der Waals surface area contributed by atoms with Gasteiger partial charge in [-0.1, -0.05) is 27.5 Å². The van der Waals surface area contributed by atoms with Gasteiger partial charge in [0.2, 0.25) is 0 Å². The third-order valence-electron chi connectivity index (χ3n) is 3.59. The average molecular weight is 427 g/mol. The molecule has 0 saturated carbocycles. The fourth-order valence-corrected chi connectivity index (χ4v) is 4.15. The number of alkyl halides is 1. The predicted molar refractivity (Wildman–Crippen MR) is 90.2 cm³/mol. The smallest absolute Gasteiger partial charge is 0.137 e. The third-order valence-corrected chi connectivity index (χ3v) is 5.35. The average Bonchev–Trinajstić information content (AvgIpc) is 2.45. The van der Waals surface area contributed by atoms with E-state index >= 15 is 0 Å². The standard InChI is InChI=1S/C15H19Br2ClO2/c1-19-15-12(8-10(18)9-14(15)17)13(16)6-5-11-4-2-3-7-20-11/h8-9,11,13H,2-7H2,1H3. The number of hydrogen-bond acceptors (Lipinski definition) is 2. The van der Waals surface area contributed by atoms with Crippen molar-refractivity contribution in [1.29, 1.82) is 0 Å². The first-order chi connectivity index (χ1) is 9.61. The normalized spacial score (nSPS) is 20.7. The second-order valence-electron chi connectivity index (χ2n) is 5.04. The maximum atomic E-state index is 6.14. The minimum absolute atomic E-state index is 0.220. The molecule has 0 aliphatic carbocycles. The Bertz CT molecular complexity index is 448. The number of hydrogen-bond donors (Lipinski definition) is 0. The predicted octanol–water partition coefficient (Wildman–Crippen LogP) is 5.90. The van der Waals surface area contributed by atoms with Crippen LogP contribution in [0.3, 0.4) is 0 Å². The largest absolute Gasteiger partial charge is 0.495 e. The van der Waals surface area contributed by atoms with Crippen LogP contribution in [-0.2, 0) is 4.74 Å². The van der Waals surface area contributed by atoms with Gasteiger partial charge in [-0.15, -0.1) is 0 Å². The molecule has 1 heterocycles. The van der Waals surface area contributed by atoms with Crippen LogP contribution in [0.25, 0.3) is 0 Å². The third kappa shape index (κ3) is 4.36. The van der Waals surface area contributed by atoms with Crippen LogP contribution in [0, 0.1) is 0 Å². The molecule has 1 fully saturated rings. The molecule has 1 aromatic rings. The number of methoxy groups -OCH3 is 1. The molecule has 112 valence electrons. The van der Waals surface area contributed by atoms with Crippen molar-refractivity contribution in [3.8, 4) is 5.75 Å². The van der Waals surface area contributed by atoms with Gasteiger partial charge in [0, 0.05) is 22.0 Å². The monoisotopic (exact) mass is 424 g/mol. The molecular formula is C15H19Br2ClO2.